The molecule has 5 nitrogen and oxygen atoms in total. The molecule has 1 amide bonds. The first-order valence-electron chi connectivity index (χ1n) is 7.73. The van der Waals surface area contributed by atoms with E-state index in [2.05, 4.69) is 15.3 Å². The Kier molecular flexibility index (Phi) is 4.95. The van der Waals surface area contributed by atoms with E-state index in [1.165, 1.54) is 17.3 Å². The number of nitrogens with one attached hydrogen (secondary N) is 1. The van der Waals surface area contributed by atoms with Gasteiger partial charge in [0.2, 0.25) is 0 Å². The lowest BCUT2D eigenvalue weighted by Gasteiger charge is -2.16. The normalized spacial score (nSPS) is 10.4. The number of para-hydroxylation sites is 1. The third kappa shape index (κ3) is 3.78. The number of nitrogens with zero attached hydrogens (tertiary/aromatic N) is 3. The van der Waals surface area contributed by atoms with Crippen molar-refractivity contribution in [3.63, 3.8) is 0 Å². The molecular formula is C19H17ClN4O. The Balaban J connectivity index is 1.76. The zero-order chi connectivity index (χ0) is 17.8. The molecule has 0 atom stereocenters. The Morgan fingerprint density at radius 1 is 1.04 bits per heavy atom. The van der Waals surface area contributed by atoms with E-state index in [0.717, 1.165) is 16.9 Å². The number of rotatable bonds is 4. The summed E-state index contributed by atoms with van der Waals surface area (Å²) >= 11 is 6.11. The molecule has 0 spiro atoms. The van der Waals surface area contributed by atoms with Crippen molar-refractivity contribution in [2.45, 2.75) is 6.92 Å². The van der Waals surface area contributed by atoms with Crippen molar-refractivity contribution in [2.24, 2.45) is 0 Å². The fraction of sp³-hybridized carbons (Fsp3) is 0.105. The number of carbonyl (C=O) groups is 1. The van der Waals surface area contributed by atoms with Gasteiger partial charge in [-0.3, -0.25) is 4.79 Å². The molecule has 0 bridgehead atoms. The van der Waals surface area contributed by atoms with Crippen LogP contribution in [0.5, 0.6) is 0 Å². The molecule has 1 aromatic heterocycles. The fourth-order valence-corrected chi connectivity index (χ4v) is 2.50. The van der Waals surface area contributed by atoms with E-state index < -0.39 is 0 Å². The lowest BCUT2D eigenvalue weighted by Crippen LogP contribution is -2.27. The van der Waals surface area contributed by atoms with E-state index in [-0.39, 0.29) is 11.6 Å². The van der Waals surface area contributed by atoms with E-state index in [0.29, 0.717) is 10.8 Å². The zero-order valence-electron chi connectivity index (χ0n) is 13.9. The number of aromatic nitrogens is 2. The van der Waals surface area contributed by atoms with Crippen LogP contribution in [0.4, 0.5) is 17.2 Å². The van der Waals surface area contributed by atoms with Crippen LogP contribution in [0.3, 0.4) is 0 Å². The maximum Gasteiger partial charge on any atom is 0.278 e. The van der Waals surface area contributed by atoms with Crippen LogP contribution >= 0.6 is 11.6 Å². The van der Waals surface area contributed by atoms with Crippen LogP contribution in [0.1, 0.15) is 16.1 Å². The first kappa shape index (κ1) is 16.9. The minimum absolute atomic E-state index is 0.218. The van der Waals surface area contributed by atoms with Gasteiger partial charge in [-0.2, -0.15) is 0 Å². The highest BCUT2D eigenvalue weighted by Gasteiger charge is 2.15. The fourth-order valence-electron chi connectivity index (χ4n) is 2.32. The SMILES string of the molecule is Cc1c(Cl)cccc1Nc1cnc(C(=O)N(C)c2ccccc2)cn1. The van der Waals surface area contributed by atoms with Gasteiger partial charge in [0.1, 0.15) is 11.5 Å². The summed E-state index contributed by atoms with van der Waals surface area (Å²) < 4.78 is 0. The number of halogens is 1. The number of carbonyl (C=O) groups excluding carboxylic acids is 1. The minimum Gasteiger partial charge on any atom is -0.339 e. The second kappa shape index (κ2) is 7.32. The first-order chi connectivity index (χ1) is 12.1. The highest BCUT2D eigenvalue weighted by molar-refractivity contribution is 6.31. The smallest absolute Gasteiger partial charge is 0.278 e. The Morgan fingerprint density at radius 3 is 2.48 bits per heavy atom. The third-order valence-electron chi connectivity index (χ3n) is 3.85. The van der Waals surface area contributed by atoms with Gasteiger partial charge in [-0.05, 0) is 36.8 Å². The summed E-state index contributed by atoms with van der Waals surface area (Å²) in [6.07, 6.45) is 3.00. The number of benzene rings is 2. The maximum absolute atomic E-state index is 12.5. The van der Waals surface area contributed by atoms with Crippen LogP contribution in [0.25, 0.3) is 0 Å². The van der Waals surface area contributed by atoms with Crippen LogP contribution in [-0.2, 0) is 0 Å². The molecule has 3 aromatic rings. The summed E-state index contributed by atoms with van der Waals surface area (Å²) in [5.41, 5.74) is 2.85. The molecule has 6 heteroatoms. The molecule has 1 N–H and O–H groups in total. The van der Waals surface area contributed by atoms with Gasteiger partial charge in [-0.25, -0.2) is 9.97 Å². The molecule has 126 valence electrons. The summed E-state index contributed by atoms with van der Waals surface area (Å²) in [5, 5.41) is 3.83. The quantitative estimate of drug-likeness (QED) is 0.753. The lowest BCUT2D eigenvalue weighted by atomic mass is 10.2. The van der Waals surface area contributed by atoms with Crippen molar-refractivity contribution >= 4 is 34.7 Å². The van der Waals surface area contributed by atoms with Gasteiger partial charge in [0.15, 0.2) is 0 Å². The standard InChI is InChI=1S/C19H17ClN4O/c1-13-15(20)9-6-10-16(13)23-18-12-21-17(11-22-18)19(25)24(2)14-7-4-3-5-8-14/h3-12H,1-2H3,(H,22,23). The zero-order valence-corrected chi connectivity index (χ0v) is 14.7. The number of anilines is 3. The summed E-state index contributed by atoms with van der Waals surface area (Å²) in [5.74, 6) is 0.327. The van der Waals surface area contributed by atoms with E-state index in [1.54, 1.807) is 7.05 Å². The first-order valence-corrected chi connectivity index (χ1v) is 8.11. The Bertz CT molecular complexity index is 882. The second-order valence-corrected chi connectivity index (χ2v) is 5.93. The summed E-state index contributed by atoms with van der Waals surface area (Å²) in [6, 6.07) is 15.0. The molecule has 0 radical (unpaired) electrons. The monoisotopic (exact) mass is 352 g/mol. The van der Waals surface area contributed by atoms with Crippen molar-refractivity contribution in [3.05, 3.63) is 77.2 Å². The number of hydrogen-bond acceptors (Lipinski definition) is 4. The van der Waals surface area contributed by atoms with E-state index >= 15 is 0 Å². The Labute approximate surface area is 151 Å². The van der Waals surface area contributed by atoms with Crippen molar-refractivity contribution in [2.75, 3.05) is 17.3 Å². The molecule has 0 aliphatic rings. The molecule has 0 aliphatic heterocycles. The van der Waals surface area contributed by atoms with E-state index in [9.17, 15) is 4.79 Å². The highest BCUT2D eigenvalue weighted by Crippen LogP contribution is 2.25. The predicted octanol–water partition coefficient (Wildman–Crippen LogP) is 4.46. The topological polar surface area (TPSA) is 58.1 Å². The average molecular weight is 353 g/mol. The van der Waals surface area contributed by atoms with Crippen molar-refractivity contribution < 1.29 is 4.79 Å². The van der Waals surface area contributed by atoms with Gasteiger partial charge >= 0.3 is 0 Å². The van der Waals surface area contributed by atoms with Gasteiger partial charge in [0.05, 0.1) is 12.4 Å². The van der Waals surface area contributed by atoms with Gasteiger partial charge in [0, 0.05) is 23.4 Å². The van der Waals surface area contributed by atoms with E-state index in [1.807, 2.05) is 55.5 Å². The maximum atomic E-state index is 12.5. The Hall–Kier alpha value is -2.92. The summed E-state index contributed by atoms with van der Waals surface area (Å²) in [4.78, 5) is 22.5. The molecule has 1 heterocycles. The highest BCUT2D eigenvalue weighted by atomic mass is 35.5. The van der Waals surface area contributed by atoms with Crippen LogP contribution in [0.2, 0.25) is 5.02 Å². The van der Waals surface area contributed by atoms with Crippen LogP contribution in [0.15, 0.2) is 60.9 Å². The molecule has 0 unspecified atom stereocenters. The summed E-state index contributed by atoms with van der Waals surface area (Å²) in [7, 11) is 1.71. The largest absolute Gasteiger partial charge is 0.339 e. The molecule has 0 saturated carbocycles. The van der Waals surface area contributed by atoms with E-state index in [4.69, 9.17) is 11.6 Å². The molecule has 0 fully saturated rings. The van der Waals surface area contributed by atoms with Crippen molar-refractivity contribution in [1.82, 2.24) is 9.97 Å². The van der Waals surface area contributed by atoms with Gasteiger partial charge < -0.3 is 10.2 Å². The van der Waals surface area contributed by atoms with Gasteiger partial charge in [0.25, 0.3) is 5.91 Å². The number of hydrogen-bond donors (Lipinski definition) is 1. The molecule has 3 rings (SSSR count). The van der Waals surface area contributed by atoms with Crippen molar-refractivity contribution in [3.8, 4) is 0 Å². The van der Waals surface area contributed by atoms with Crippen LogP contribution in [0, 0.1) is 6.92 Å². The minimum atomic E-state index is -0.218. The average Bonchev–Trinajstić information content (AvgIpc) is 2.65. The van der Waals surface area contributed by atoms with Gasteiger partial charge in [-0.1, -0.05) is 35.9 Å². The molecule has 0 saturated heterocycles. The predicted molar refractivity (Wildman–Crippen MR) is 101 cm³/mol. The van der Waals surface area contributed by atoms with Gasteiger partial charge in [-0.15, -0.1) is 0 Å². The molecular weight excluding hydrogens is 336 g/mol. The third-order valence-corrected chi connectivity index (χ3v) is 4.26. The molecule has 25 heavy (non-hydrogen) atoms. The Morgan fingerprint density at radius 2 is 1.80 bits per heavy atom. The van der Waals surface area contributed by atoms with Crippen LogP contribution in [-0.4, -0.2) is 22.9 Å². The van der Waals surface area contributed by atoms with Crippen LogP contribution < -0.4 is 10.2 Å². The number of amides is 1. The van der Waals surface area contributed by atoms with Crippen molar-refractivity contribution in [1.29, 1.82) is 0 Å². The molecule has 0 aliphatic carbocycles. The second-order valence-electron chi connectivity index (χ2n) is 5.52. The molecule has 2 aromatic carbocycles. The lowest BCUT2D eigenvalue weighted by molar-refractivity contribution is 0.0988. The summed E-state index contributed by atoms with van der Waals surface area (Å²) in [6.45, 7) is 1.92.